The number of methoxy groups -OCH3 is 1. The summed E-state index contributed by atoms with van der Waals surface area (Å²) >= 11 is 0. The Bertz CT molecular complexity index is 563. The lowest BCUT2D eigenvalue weighted by molar-refractivity contribution is -0.137. The Balaban J connectivity index is 1.88. The molecular formula is C19H30N2O4. The average Bonchev–Trinajstić information content (AvgIpc) is 2.59. The van der Waals surface area contributed by atoms with E-state index in [2.05, 4.69) is 26.1 Å². The molecule has 0 spiro atoms. The summed E-state index contributed by atoms with van der Waals surface area (Å²) < 4.78 is 16.3. The van der Waals surface area contributed by atoms with E-state index >= 15 is 0 Å². The maximum Gasteiger partial charge on any atom is 0.260 e. The number of ether oxygens (including phenoxy) is 3. The van der Waals surface area contributed by atoms with Gasteiger partial charge in [0, 0.05) is 26.2 Å². The quantitative estimate of drug-likeness (QED) is 0.816. The molecule has 0 aliphatic carbocycles. The van der Waals surface area contributed by atoms with Gasteiger partial charge in [-0.15, -0.1) is 0 Å². The second-order valence-electron chi connectivity index (χ2n) is 7.43. The molecule has 6 heteroatoms. The zero-order valence-corrected chi connectivity index (χ0v) is 15.8. The number of benzene rings is 1. The molecule has 2 rings (SSSR count). The van der Waals surface area contributed by atoms with E-state index in [4.69, 9.17) is 14.2 Å². The van der Waals surface area contributed by atoms with Gasteiger partial charge in [0.2, 0.25) is 0 Å². The van der Waals surface area contributed by atoms with Crippen molar-refractivity contribution in [1.82, 2.24) is 10.2 Å². The summed E-state index contributed by atoms with van der Waals surface area (Å²) in [6, 6.07) is 5.80. The third-order valence-corrected chi connectivity index (χ3v) is 3.93. The number of amides is 1. The van der Waals surface area contributed by atoms with Crippen LogP contribution in [0.4, 0.5) is 0 Å². The first-order valence-corrected chi connectivity index (χ1v) is 8.75. The van der Waals surface area contributed by atoms with Crippen LogP contribution in [0, 0.1) is 5.41 Å². The molecule has 1 N–H and O–H groups in total. The molecule has 0 unspecified atom stereocenters. The molecule has 1 amide bonds. The Morgan fingerprint density at radius 3 is 2.60 bits per heavy atom. The van der Waals surface area contributed by atoms with Crippen molar-refractivity contribution in [2.24, 2.45) is 5.41 Å². The van der Waals surface area contributed by atoms with E-state index in [0.29, 0.717) is 37.8 Å². The van der Waals surface area contributed by atoms with Crippen molar-refractivity contribution in [3.05, 3.63) is 23.8 Å². The maximum absolute atomic E-state index is 12.2. The highest BCUT2D eigenvalue weighted by Crippen LogP contribution is 2.28. The van der Waals surface area contributed by atoms with E-state index in [9.17, 15) is 4.79 Å². The summed E-state index contributed by atoms with van der Waals surface area (Å²) in [6.45, 7) is 10.7. The van der Waals surface area contributed by atoms with Gasteiger partial charge in [0.1, 0.15) is 0 Å². The van der Waals surface area contributed by atoms with Crippen LogP contribution in [0.2, 0.25) is 0 Å². The van der Waals surface area contributed by atoms with Crippen LogP contribution in [0.1, 0.15) is 26.3 Å². The summed E-state index contributed by atoms with van der Waals surface area (Å²) in [4.78, 5) is 13.9. The standard InChI is InChI=1S/C19H30N2O4/c1-19(2,3)14-20-12-15-5-6-16(17(11-15)23-4)25-13-18(22)21-7-9-24-10-8-21/h5-6,11,20H,7-10,12-14H2,1-4H3. The normalized spacial score (nSPS) is 15.1. The second-order valence-corrected chi connectivity index (χ2v) is 7.43. The van der Waals surface area contributed by atoms with Crippen molar-refractivity contribution in [2.75, 3.05) is 46.6 Å². The minimum atomic E-state index is -0.0266. The van der Waals surface area contributed by atoms with Gasteiger partial charge in [-0.1, -0.05) is 26.8 Å². The molecule has 1 saturated heterocycles. The zero-order valence-electron chi connectivity index (χ0n) is 15.8. The van der Waals surface area contributed by atoms with Gasteiger partial charge in [0.05, 0.1) is 20.3 Å². The molecule has 1 fully saturated rings. The number of morpholine rings is 1. The van der Waals surface area contributed by atoms with Crippen LogP contribution in [-0.4, -0.2) is 57.4 Å². The van der Waals surface area contributed by atoms with Crippen LogP contribution < -0.4 is 14.8 Å². The van der Waals surface area contributed by atoms with Gasteiger partial charge in [-0.3, -0.25) is 4.79 Å². The molecule has 1 heterocycles. The van der Waals surface area contributed by atoms with Gasteiger partial charge >= 0.3 is 0 Å². The van der Waals surface area contributed by atoms with Crippen molar-refractivity contribution < 1.29 is 19.0 Å². The van der Waals surface area contributed by atoms with Gasteiger partial charge in [-0.2, -0.15) is 0 Å². The number of hydrogen-bond donors (Lipinski definition) is 1. The fourth-order valence-corrected chi connectivity index (χ4v) is 2.57. The number of carbonyl (C=O) groups is 1. The Morgan fingerprint density at radius 2 is 1.96 bits per heavy atom. The van der Waals surface area contributed by atoms with Crippen molar-refractivity contribution >= 4 is 5.91 Å². The Hall–Kier alpha value is -1.79. The minimum Gasteiger partial charge on any atom is -0.493 e. The predicted octanol–water partition coefficient (Wildman–Crippen LogP) is 2.07. The van der Waals surface area contributed by atoms with Crippen molar-refractivity contribution in [1.29, 1.82) is 0 Å². The fraction of sp³-hybridized carbons (Fsp3) is 0.632. The summed E-state index contributed by atoms with van der Waals surface area (Å²) in [7, 11) is 1.61. The van der Waals surface area contributed by atoms with Crippen LogP contribution >= 0.6 is 0 Å². The summed E-state index contributed by atoms with van der Waals surface area (Å²) in [5.74, 6) is 1.20. The molecule has 0 bridgehead atoms. The molecule has 1 aromatic carbocycles. The van der Waals surface area contributed by atoms with Crippen LogP contribution in [0.25, 0.3) is 0 Å². The minimum absolute atomic E-state index is 0.0119. The number of carbonyl (C=O) groups excluding carboxylic acids is 1. The maximum atomic E-state index is 12.2. The fourth-order valence-electron chi connectivity index (χ4n) is 2.57. The third-order valence-electron chi connectivity index (χ3n) is 3.93. The van der Waals surface area contributed by atoms with Gasteiger partial charge in [-0.25, -0.2) is 0 Å². The van der Waals surface area contributed by atoms with Crippen LogP contribution in [0.3, 0.4) is 0 Å². The van der Waals surface area contributed by atoms with Crippen molar-refractivity contribution in [3.8, 4) is 11.5 Å². The molecule has 1 aliphatic heterocycles. The zero-order chi connectivity index (χ0) is 18.3. The first-order chi connectivity index (χ1) is 11.9. The molecule has 0 aromatic heterocycles. The molecule has 0 radical (unpaired) electrons. The van der Waals surface area contributed by atoms with Crippen LogP contribution in [0.5, 0.6) is 11.5 Å². The van der Waals surface area contributed by atoms with E-state index in [1.165, 1.54) is 0 Å². The average molecular weight is 350 g/mol. The van der Waals surface area contributed by atoms with Gasteiger partial charge in [0.25, 0.3) is 5.91 Å². The van der Waals surface area contributed by atoms with E-state index in [1.807, 2.05) is 18.2 Å². The summed E-state index contributed by atoms with van der Waals surface area (Å²) in [6.07, 6.45) is 0. The second kappa shape index (κ2) is 9.06. The predicted molar refractivity (Wildman–Crippen MR) is 97.0 cm³/mol. The van der Waals surface area contributed by atoms with Gasteiger partial charge < -0.3 is 24.4 Å². The van der Waals surface area contributed by atoms with Crippen molar-refractivity contribution in [2.45, 2.75) is 27.3 Å². The molecule has 0 atom stereocenters. The first-order valence-electron chi connectivity index (χ1n) is 8.75. The number of nitrogens with one attached hydrogen (secondary N) is 1. The molecular weight excluding hydrogens is 320 g/mol. The Labute approximate surface area is 150 Å². The smallest absolute Gasteiger partial charge is 0.260 e. The highest BCUT2D eigenvalue weighted by Gasteiger charge is 2.18. The largest absolute Gasteiger partial charge is 0.493 e. The first kappa shape index (κ1) is 19.5. The summed E-state index contributed by atoms with van der Waals surface area (Å²) in [5.41, 5.74) is 1.36. The van der Waals surface area contributed by atoms with Gasteiger partial charge in [0.15, 0.2) is 18.1 Å². The summed E-state index contributed by atoms with van der Waals surface area (Å²) in [5, 5.41) is 3.44. The Kier molecular flexibility index (Phi) is 7.08. The topological polar surface area (TPSA) is 60.0 Å². The SMILES string of the molecule is COc1cc(CNCC(C)(C)C)ccc1OCC(=O)N1CCOCC1. The van der Waals surface area contributed by atoms with Gasteiger partial charge in [-0.05, 0) is 23.1 Å². The van der Waals surface area contributed by atoms with Crippen molar-refractivity contribution in [3.63, 3.8) is 0 Å². The Morgan fingerprint density at radius 1 is 1.24 bits per heavy atom. The van der Waals surface area contributed by atoms with E-state index < -0.39 is 0 Å². The number of hydrogen-bond acceptors (Lipinski definition) is 5. The number of rotatable bonds is 7. The molecule has 0 saturated carbocycles. The lowest BCUT2D eigenvalue weighted by Gasteiger charge is -2.26. The molecule has 1 aromatic rings. The molecule has 140 valence electrons. The highest BCUT2D eigenvalue weighted by atomic mass is 16.5. The lowest BCUT2D eigenvalue weighted by atomic mass is 9.97. The van der Waals surface area contributed by atoms with E-state index in [1.54, 1.807) is 12.0 Å². The highest BCUT2D eigenvalue weighted by molar-refractivity contribution is 5.78. The third kappa shape index (κ3) is 6.55. The van der Waals surface area contributed by atoms with E-state index in [-0.39, 0.29) is 17.9 Å². The molecule has 1 aliphatic rings. The van der Waals surface area contributed by atoms with Crippen LogP contribution in [0.15, 0.2) is 18.2 Å². The molecule has 25 heavy (non-hydrogen) atoms. The van der Waals surface area contributed by atoms with E-state index in [0.717, 1.165) is 18.7 Å². The monoisotopic (exact) mass is 350 g/mol. The lowest BCUT2D eigenvalue weighted by Crippen LogP contribution is -2.43. The van der Waals surface area contributed by atoms with Crippen LogP contribution in [-0.2, 0) is 16.1 Å². The number of nitrogens with zero attached hydrogens (tertiary/aromatic N) is 1. The molecule has 6 nitrogen and oxygen atoms in total.